The first-order chi connectivity index (χ1) is 8.19. The van der Waals surface area contributed by atoms with Crippen LogP contribution in [0.2, 0.25) is 0 Å². The van der Waals surface area contributed by atoms with Gasteiger partial charge in [0, 0.05) is 15.8 Å². The van der Waals surface area contributed by atoms with E-state index in [1.54, 1.807) is 0 Å². The van der Waals surface area contributed by atoms with Crippen LogP contribution in [0.25, 0.3) is 0 Å². The molecule has 1 aliphatic heterocycles. The highest BCUT2D eigenvalue weighted by molar-refractivity contribution is 7.11. The van der Waals surface area contributed by atoms with Gasteiger partial charge in [-0.05, 0) is 44.2 Å². The van der Waals surface area contributed by atoms with Gasteiger partial charge in [0.05, 0.1) is 0 Å². The van der Waals surface area contributed by atoms with E-state index in [0.717, 1.165) is 32.1 Å². The van der Waals surface area contributed by atoms with Crippen LogP contribution in [-0.2, 0) is 17.6 Å². The molecular weight excluding hydrogens is 234 g/mol. The molecule has 1 aromatic rings. The van der Waals surface area contributed by atoms with Crippen molar-refractivity contribution in [2.24, 2.45) is 0 Å². The van der Waals surface area contributed by atoms with Gasteiger partial charge in [0.15, 0.2) is 0 Å². The lowest BCUT2D eigenvalue weighted by atomic mass is 9.96. The van der Waals surface area contributed by atoms with Gasteiger partial charge in [-0.15, -0.1) is 11.3 Å². The highest BCUT2D eigenvalue weighted by Crippen LogP contribution is 2.22. The molecule has 2 unspecified atom stereocenters. The van der Waals surface area contributed by atoms with E-state index >= 15 is 0 Å². The fourth-order valence-electron chi connectivity index (χ4n) is 2.34. The summed E-state index contributed by atoms with van der Waals surface area (Å²) in [5.41, 5.74) is 0. The molecule has 2 atom stereocenters. The molecule has 3 nitrogen and oxygen atoms in total. The van der Waals surface area contributed by atoms with Crippen LogP contribution in [0.3, 0.4) is 0 Å². The standard InChI is InChI=1S/C13H19NO2S/c1-2-10-6-7-11(17-10)8-9-4-3-5-12(14-9)13(15)16/h6-7,9,12,14H,2-5,8H2,1H3,(H,15,16). The Morgan fingerprint density at radius 3 is 2.88 bits per heavy atom. The number of nitrogens with one attached hydrogen (secondary N) is 1. The van der Waals surface area contributed by atoms with Gasteiger partial charge in [-0.3, -0.25) is 4.79 Å². The molecule has 1 aliphatic rings. The quantitative estimate of drug-likeness (QED) is 0.866. The molecule has 94 valence electrons. The van der Waals surface area contributed by atoms with Gasteiger partial charge in [0.25, 0.3) is 0 Å². The molecule has 1 saturated heterocycles. The predicted octanol–water partition coefficient (Wildman–Crippen LogP) is 2.45. The molecule has 0 aliphatic carbocycles. The highest BCUT2D eigenvalue weighted by atomic mass is 32.1. The zero-order valence-corrected chi connectivity index (χ0v) is 10.9. The number of carbonyl (C=O) groups is 1. The molecule has 0 bridgehead atoms. The lowest BCUT2D eigenvalue weighted by Crippen LogP contribution is -2.47. The maximum absolute atomic E-state index is 10.9. The predicted molar refractivity (Wildman–Crippen MR) is 69.6 cm³/mol. The molecule has 0 spiro atoms. The van der Waals surface area contributed by atoms with Crippen molar-refractivity contribution in [3.8, 4) is 0 Å². The summed E-state index contributed by atoms with van der Waals surface area (Å²) in [4.78, 5) is 13.7. The van der Waals surface area contributed by atoms with Crippen molar-refractivity contribution >= 4 is 17.3 Å². The van der Waals surface area contributed by atoms with Crippen LogP contribution in [0.4, 0.5) is 0 Å². The summed E-state index contributed by atoms with van der Waals surface area (Å²) in [5, 5.41) is 12.2. The van der Waals surface area contributed by atoms with Crippen molar-refractivity contribution in [2.45, 2.75) is 51.1 Å². The SMILES string of the molecule is CCc1ccc(CC2CCCC(C(=O)O)N2)s1. The number of thiophene rings is 1. The molecule has 2 N–H and O–H groups in total. The summed E-state index contributed by atoms with van der Waals surface area (Å²) < 4.78 is 0. The number of aryl methyl sites for hydroxylation is 1. The fourth-order valence-corrected chi connectivity index (χ4v) is 3.38. The monoisotopic (exact) mass is 253 g/mol. The van der Waals surface area contributed by atoms with Crippen molar-refractivity contribution < 1.29 is 9.90 Å². The van der Waals surface area contributed by atoms with Gasteiger partial charge in [0.1, 0.15) is 6.04 Å². The van der Waals surface area contributed by atoms with E-state index in [0.29, 0.717) is 6.04 Å². The van der Waals surface area contributed by atoms with E-state index in [2.05, 4.69) is 24.4 Å². The third-order valence-corrected chi connectivity index (χ3v) is 4.55. The zero-order chi connectivity index (χ0) is 12.3. The van der Waals surface area contributed by atoms with Gasteiger partial charge in [-0.2, -0.15) is 0 Å². The molecule has 17 heavy (non-hydrogen) atoms. The summed E-state index contributed by atoms with van der Waals surface area (Å²) in [5.74, 6) is -0.713. The summed E-state index contributed by atoms with van der Waals surface area (Å²) in [6, 6.07) is 4.33. The van der Waals surface area contributed by atoms with Crippen LogP contribution in [0.5, 0.6) is 0 Å². The number of aliphatic carboxylic acids is 1. The Labute approximate surface area is 106 Å². The van der Waals surface area contributed by atoms with Gasteiger partial charge in [0.2, 0.25) is 0 Å². The average Bonchev–Trinajstić information content (AvgIpc) is 2.77. The van der Waals surface area contributed by atoms with Gasteiger partial charge >= 0.3 is 5.97 Å². The first-order valence-electron chi connectivity index (χ1n) is 6.25. The van der Waals surface area contributed by atoms with Gasteiger partial charge in [-0.1, -0.05) is 6.92 Å². The van der Waals surface area contributed by atoms with Crippen LogP contribution in [-0.4, -0.2) is 23.2 Å². The van der Waals surface area contributed by atoms with Crippen molar-refractivity contribution in [1.29, 1.82) is 0 Å². The minimum atomic E-state index is -0.713. The molecule has 2 heterocycles. The van der Waals surface area contributed by atoms with Gasteiger partial charge < -0.3 is 10.4 Å². The average molecular weight is 253 g/mol. The van der Waals surface area contributed by atoms with E-state index in [1.807, 2.05) is 11.3 Å². The third kappa shape index (κ3) is 3.30. The van der Waals surface area contributed by atoms with Crippen molar-refractivity contribution in [3.05, 3.63) is 21.9 Å². The fraction of sp³-hybridized carbons (Fsp3) is 0.615. The number of rotatable bonds is 4. The summed E-state index contributed by atoms with van der Waals surface area (Å²) in [6.45, 7) is 2.16. The van der Waals surface area contributed by atoms with Crippen LogP contribution in [0.15, 0.2) is 12.1 Å². The van der Waals surface area contributed by atoms with Gasteiger partial charge in [-0.25, -0.2) is 0 Å². The molecule has 1 fully saturated rings. The molecule has 4 heteroatoms. The summed E-state index contributed by atoms with van der Waals surface area (Å²) in [7, 11) is 0. The van der Waals surface area contributed by atoms with E-state index in [4.69, 9.17) is 5.11 Å². The lowest BCUT2D eigenvalue weighted by molar-refractivity contribution is -0.140. The lowest BCUT2D eigenvalue weighted by Gasteiger charge is -2.28. The second-order valence-electron chi connectivity index (χ2n) is 4.61. The van der Waals surface area contributed by atoms with E-state index < -0.39 is 5.97 Å². The first kappa shape index (κ1) is 12.6. The molecule has 0 radical (unpaired) electrons. The second kappa shape index (κ2) is 5.65. The Morgan fingerprint density at radius 2 is 2.24 bits per heavy atom. The Balaban J connectivity index is 1.92. The smallest absolute Gasteiger partial charge is 0.320 e. The van der Waals surface area contributed by atoms with Crippen LogP contribution < -0.4 is 5.32 Å². The van der Waals surface area contributed by atoms with E-state index in [-0.39, 0.29) is 6.04 Å². The molecule has 1 aromatic heterocycles. The third-order valence-electron chi connectivity index (χ3n) is 3.29. The largest absolute Gasteiger partial charge is 0.480 e. The maximum Gasteiger partial charge on any atom is 0.320 e. The van der Waals surface area contributed by atoms with E-state index in [9.17, 15) is 4.79 Å². The number of piperidine rings is 1. The Bertz CT molecular complexity index is 389. The Hall–Kier alpha value is -0.870. The van der Waals surface area contributed by atoms with Crippen molar-refractivity contribution in [3.63, 3.8) is 0 Å². The maximum atomic E-state index is 10.9. The zero-order valence-electron chi connectivity index (χ0n) is 10.1. The molecule has 2 rings (SSSR count). The number of carboxylic acid groups (broad SMARTS) is 1. The van der Waals surface area contributed by atoms with Crippen LogP contribution in [0.1, 0.15) is 35.9 Å². The van der Waals surface area contributed by atoms with Crippen molar-refractivity contribution in [1.82, 2.24) is 5.32 Å². The summed E-state index contributed by atoms with van der Waals surface area (Å²) >= 11 is 1.85. The van der Waals surface area contributed by atoms with Crippen molar-refractivity contribution in [2.75, 3.05) is 0 Å². The minimum absolute atomic E-state index is 0.327. The molecule has 0 saturated carbocycles. The topological polar surface area (TPSA) is 49.3 Å². The van der Waals surface area contributed by atoms with Crippen LogP contribution >= 0.6 is 11.3 Å². The van der Waals surface area contributed by atoms with Crippen LogP contribution in [0, 0.1) is 0 Å². The molecule has 0 aromatic carbocycles. The minimum Gasteiger partial charge on any atom is -0.480 e. The number of hydrogen-bond acceptors (Lipinski definition) is 3. The number of carboxylic acids is 1. The second-order valence-corrected chi connectivity index (χ2v) is 5.86. The molecule has 0 amide bonds. The molecular formula is C13H19NO2S. The Kier molecular flexibility index (Phi) is 4.18. The summed E-state index contributed by atoms with van der Waals surface area (Å²) in [6.07, 6.45) is 4.91. The number of hydrogen-bond donors (Lipinski definition) is 2. The highest BCUT2D eigenvalue weighted by Gasteiger charge is 2.26. The normalized spacial score (nSPS) is 24.8. The van der Waals surface area contributed by atoms with E-state index in [1.165, 1.54) is 9.75 Å². The first-order valence-corrected chi connectivity index (χ1v) is 7.07. The Morgan fingerprint density at radius 1 is 1.47 bits per heavy atom.